The van der Waals surface area contributed by atoms with Crippen LogP contribution in [0.3, 0.4) is 0 Å². The predicted molar refractivity (Wildman–Crippen MR) is 364 cm³/mol. The van der Waals surface area contributed by atoms with Gasteiger partial charge in [0, 0.05) is 243 Å². The van der Waals surface area contributed by atoms with Gasteiger partial charge in [0.1, 0.15) is 0 Å². The number of unbranched alkanes of at least 4 members (excludes halogenated alkanes) is 1. The zero-order chi connectivity index (χ0) is 72.2. The van der Waals surface area contributed by atoms with Crippen molar-refractivity contribution in [3.8, 4) is 0 Å². The molecular weight excluding hydrogens is 1400 g/mol. The van der Waals surface area contributed by atoms with Crippen LogP contribution in [-0.2, 0) is 136 Å². The minimum atomic E-state index is -2.80. The van der Waals surface area contributed by atoms with Gasteiger partial charge in [-0.05, 0) is 143 Å². The second kappa shape index (κ2) is 125. The van der Waals surface area contributed by atoms with Crippen LogP contribution >= 0.6 is 0 Å². The van der Waals surface area contributed by atoms with Crippen LogP contribution in [-0.4, -0.2) is 307 Å². The molecule has 0 unspecified atom stereocenters. The van der Waals surface area contributed by atoms with E-state index in [4.69, 9.17) is 129 Å². The van der Waals surface area contributed by atoms with Gasteiger partial charge in [0.15, 0.2) is 0 Å². The second-order valence-corrected chi connectivity index (χ2v) is 27.3. The van der Waals surface area contributed by atoms with Crippen molar-refractivity contribution in [2.45, 2.75) is 162 Å². The van der Waals surface area contributed by atoms with Gasteiger partial charge >= 0.3 is 50.6 Å². The van der Waals surface area contributed by atoms with Gasteiger partial charge in [-0.15, -0.1) is 0 Å². The molecule has 0 radical (unpaired) electrons. The smallest absolute Gasteiger partial charge is 0.455 e. The third-order valence-electron chi connectivity index (χ3n) is 8.32. The number of hydrogen-bond acceptors (Lipinski definition) is 28. The van der Waals surface area contributed by atoms with E-state index < -0.39 is 50.6 Å². The van der Waals surface area contributed by atoms with E-state index in [1.165, 1.54) is 34.9 Å². The van der Waals surface area contributed by atoms with E-state index in [2.05, 4.69) is 13.5 Å². The molecule has 0 rings (SSSR count). The van der Waals surface area contributed by atoms with Gasteiger partial charge in [-0.2, -0.15) is 0 Å². The van der Waals surface area contributed by atoms with Gasteiger partial charge in [-0.3, -0.25) is 0 Å². The molecule has 0 aliphatic rings. The Hall–Kier alpha value is 1.88. The zero-order valence-electron chi connectivity index (χ0n) is 62.8. The first kappa shape index (κ1) is 129. The molecule has 0 aromatic carbocycles. The maximum atomic E-state index is 7.57. The quantitative estimate of drug-likeness (QED) is 0.0237. The monoisotopic (exact) mass is 1540 g/mol. The van der Waals surface area contributed by atoms with Crippen molar-refractivity contribution in [1.82, 2.24) is 0 Å². The summed E-state index contributed by atoms with van der Waals surface area (Å²) in [5, 5.41) is 58.3. The van der Waals surface area contributed by atoms with Gasteiger partial charge in [-0.25, -0.2) is 0 Å². The molecule has 0 aliphatic heterocycles. The summed E-state index contributed by atoms with van der Waals surface area (Å²) in [7, 11) is 1.71. The van der Waals surface area contributed by atoms with Crippen LogP contribution in [0.1, 0.15) is 143 Å². The van der Waals surface area contributed by atoms with Crippen molar-refractivity contribution in [2.75, 3.05) is 216 Å². The van der Waals surface area contributed by atoms with E-state index in [0.29, 0.717) is 99.1 Å². The third kappa shape index (κ3) is 116. The summed E-state index contributed by atoms with van der Waals surface area (Å²) in [5.41, 5.74) is 0. The summed E-state index contributed by atoms with van der Waals surface area (Å²) in [4.78, 5) is 0. The Bertz CT molecular complexity index is 970. The minimum Gasteiger partial charge on any atom is -0.455 e. The van der Waals surface area contributed by atoms with Crippen LogP contribution in [0, 0.1) is 0 Å². The topological polar surface area (TPSA) is 346 Å². The van der Waals surface area contributed by atoms with E-state index in [1.54, 1.807) is 34.8 Å². The summed E-state index contributed by atoms with van der Waals surface area (Å²) < 4.78 is 107. The molecule has 566 valence electrons. The number of hydrogen-bond donors (Lipinski definition) is 8. The molecule has 0 aliphatic carbocycles. The largest absolute Gasteiger partial charge is 0.905 e. The molecule has 0 bridgehead atoms. The van der Waals surface area contributed by atoms with Crippen LogP contribution in [0.2, 0.25) is 18.6 Å². The SMILES string of the molecule is CCCCOCCOCCC[Si](C)(OCC)OCC.CCO.CCO.CCO.CCO.CCO[Si](CCCOCCOC)(OCC)OCC.CCO[Si](OCC)(OCC)OCC.CC[O][Al]([O]CC)[O]CC.CO.CO.CO.CO.CO[Si](OC)(OC)OC.[Ti].[Zr]. The standard InChI is InChI=1S/C14H32O4Si.C12H28O5Si.C8H20O4Si.C4H12O4Si.4C2H6O.3C2H5O.4CH4O.Al.Ti.Zr/c1-5-8-10-15-12-13-16-11-9-14-19(4,17-6-2)18-7-3;1-5-15-18(16-6-2,17-7-3)12-8-9-14-11-10-13-4;1-5-9-13(10-6-2,11-7-3)12-8-4;1-5-9(6-2,7-3)8-4;7*1-2-3;4*1-2;;;/h5-14H2,1-4H3;5-12H2,1-4H3;5-8H2,1-4H3;1-4H3;4*3H,2H2,1H3;3*2H2,1H3;4*2H,1H3;;;/q;;;;;;;;3*-1;;;;;+3;;. The van der Waals surface area contributed by atoms with E-state index in [9.17, 15) is 0 Å². The van der Waals surface area contributed by atoms with Crippen molar-refractivity contribution in [3.63, 3.8) is 0 Å². The van der Waals surface area contributed by atoms with Gasteiger partial charge in [0.05, 0.1) is 26.4 Å². The molecule has 8 N–H and O–H groups in total. The van der Waals surface area contributed by atoms with Crippen molar-refractivity contribution in [1.29, 1.82) is 0 Å². The molecule has 0 spiro atoms. The number of aliphatic hydroxyl groups is 8. The molecule has 0 aromatic rings. The van der Waals surface area contributed by atoms with Gasteiger partial charge in [-0.1, -0.05) is 13.3 Å². The Morgan fingerprint density at radius 2 is 0.549 bits per heavy atom. The minimum absolute atomic E-state index is 0. The summed E-state index contributed by atoms with van der Waals surface area (Å²) >= 11 is -1.73. The van der Waals surface area contributed by atoms with Gasteiger partial charge in [0.2, 0.25) is 0 Å². The molecule has 0 saturated carbocycles. The number of rotatable bonds is 45. The maximum absolute atomic E-state index is 7.57. The van der Waals surface area contributed by atoms with Crippen LogP contribution in [0.5, 0.6) is 0 Å². The first-order chi connectivity index (χ1) is 42.9. The van der Waals surface area contributed by atoms with E-state index >= 15 is 0 Å². The Balaban J connectivity index is -0.0000000574. The summed E-state index contributed by atoms with van der Waals surface area (Å²) in [6.45, 7) is 47.9. The fourth-order valence-corrected chi connectivity index (χ4v) is 14.5. The molecule has 0 amide bonds. The Morgan fingerprint density at radius 3 is 0.758 bits per heavy atom. The summed E-state index contributed by atoms with van der Waals surface area (Å²) in [6.07, 6.45) is 4.19. The predicted octanol–water partition coefficient (Wildman–Crippen LogP) is 6.52. The molecule has 0 aromatic heterocycles. The molecule has 28 nitrogen and oxygen atoms in total. The van der Waals surface area contributed by atoms with E-state index in [-0.39, 0.29) is 74.3 Å². The zero-order valence-corrected chi connectivity index (χ0v) is 72.0. The average Bonchev–Trinajstić information content (AvgIpc) is 3.42. The molecule has 91 heavy (non-hydrogen) atoms. The van der Waals surface area contributed by atoms with Crippen LogP contribution < -0.4 is 0 Å². The average molecular weight is 1550 g/mol. The molecule has 0 atom stereocenters. The first-order valence-corrected chi connectivity index (χ1v) is 40.3. The normalized spacial score (nSPS) is 9.92. The molecule has 35 heteroatoms. The summed E-state index contributed by atoms with van der Waals surface area (Å²) in [5.74, 6) is 0. The summed E-state index contributed by atoms with van der Waals surface area (Å²) in [6, 6.07) is 1.79. The van der Waals surface area contributed by atoms with Gasteiger partial charge < -0.3 is 129 Å². The second-order valence-electron chi connectivity index (χ2n) is 14.8. The maximum Gasteiger partial charge on any atom is 0.905 e. The van der Waals surface area contributed by atoms with E-state index in [1.807, 2.05) is 83.1 Å². The van der Waals surface area contributed by atoms with Gasteiger partial charge in [0.25, 0.3) is 0 Å². The fraction of sp³-hybridized carbons (Fsp3) is 1.00. The molecule has 0 heterocycles. The first-order valence-electron chi connectivity index (χ1n) is 31.2. The molecule has 0 saturated heterocycles. The molecular formula is C56H147AlO28Si4TiZr. The van der Waals surface area contributed by atoms with Crippen LogP contribution in [0.15, 0.2) is 0 Å². The number of aliphatic hydroxyl groups excluding tert-OH is 8. The van der Waals surface area contributed by atoms with Crippen molar-refractivity contribution in [2.24, 2.45) is 0 Å². The Morgan fingerprint density at radius 1 is 0.308 bits per heavy atom. The van der Waals surface area contributed by atoms with Crippen molar-refractivity contribution >= 4 is 50.6 Å². The van der Waals surface area contributed by atoms with E-state index in [0.717, 1.165) is 86.2 Å². The third-order valence-corrected chi connectivity index (χ3v) is 20.9. The van der Waals surface area contributed by atoms with Crippen molar-refractivity contribution < 1.29 is 177 Å². The van der Waals surface area contributed by atoms with Crippen LogP contribution in [0.4, 0.5) is 0 Å². The Kier molecular flexibility index (Phi) is 178. The fourth-order valence-electron chi connectivity index (χ4n) is 5.51. The number of methoxy groups -OCH3 is 1. The van der Waals surface area contributed by atoms with Crippen LogP contribution in [0.25, 0.3) is 0 Å². The molecule has 0 fully saturated rings. The Labute approximate surface area is 601 Å². The van der Waals surface area contributed by atoms with Crippen molar-refractivity contribution in [3.05, 3.63) is 0 Å². The number of ether oxygens (including phenoxy) is 4.